The lowest BCUT2D eigenvalue weighted by Crippen LogP contribution is -2.11. The lowest BCUT2D eigenvalue weighted by molar-refractivity contribution is -0.0498. The summed E-state index contributed by atoms with van der Waals surface area (Å²) in [5, 5.41) is 1.77. The Morgan fingerprint density at radius 2 is 1.81 bits per heavy atom. The number of halogens is 2. The van der Waals surface area contributed by atoms with E-state index in [-0.39, 0.29) is 5.75 Å². The number of aryl methyl sites for hydroxylation is 1. The molecule has 0 aliphatic rings. The molecule has 3 aromatic carbocycles. The van der Waals surface area contributed by atoms with Gasteiger partial charge in [0.15, 0.2) is 0 Å². The van der Waals surface area contributed by atoms with Gasteiger partial charge in [-0.05, 0) is 54.3 Å². The number of ether oxygens (including phenoxy) is 1. The number of primary amides is 1. The Kier molecular flexibility index (Phi) is 6.40. The van der Waals surface area contributed by atoms with E-state index in [4.69, 9.17) is 5.73 Å². The van der Waals surface area contributed by atoms with Gasteiger partial charge < -0.3 is 15.0 Å². The molecule has 0 aliphatic heterocycles. The van der Waals surface area contributed by atoms with Gasteiger partial charge in [-0.15, -0.1) is 0 Å². The van der Waals surface area contributed by atoms with Crippen LogP contribution in [0.5, 0.6) is 5.75 Å². The van der Waals surface area contributed by atoms with E-state index in [2.05, 4.69) is 34.4 Å². The summed E-state index contributed by atoms with van der Waals surface area (Å²) in [5.41, 5.74) is 10.1. The number of rotatable bonds is 9. The van der Waals surface area contributed by atoms with Crippen molar-refractivity contribution < 1.29 is 18.3 Å². The van der Waals surface area contributed by atoms with Crippen molar-refractivity contribution in [1.82, 2.24) is 4.57 Å². The maximum absolute atomic E-state index is 12.7. The van der Waals surface area contributed by atoms with Crippen LogP contribution in [0.2, 0.25) is 0 Å². The fraction of sp³-hybridized carbons (Fsp3) is 0.269. The first kappa shape index (κ1) is 21.8. The summed E-state index contributed by atoms with van der Waals surface area (Å²) in [6.45, 7) is -0.249. The molecule has 1 aromatic heterocycles. The van der Waals surface area contributed by atoms with Crippen molar-refractivity contribution in [3.63, 3.8) is 0 Å². The maximum Gasteiger partial charge on any atom is 0.387 e. The van der Waals surface area contributed by atoms with Crippen LogP contribution in [0.3, 0.4) is 0 Å². The van der Waals surface area contributed by atoms with E-state index in [9.17, 15) is 13.6 Å². The molecule has 0 bridgehead atoms. The summed E-state index contributed by atoms with van der Waals surface area (Å²) in [4.78, 5) is 12.1. The van der Waals surface area contributed by atoms with Gasteiger partial charge >= 0.3 is 6.61 Å². The molecule has 4 aromatic rings. The highest BCUT2D eigenvalue weighted by Gasteiger charge is 2.17. The van der Waals surface area contributed by atoms with Crippen LogP contribution in [0.1, 0.15) is 47.7 Å². The number of nitrogens with zero attached hydrogens (tertiary/aromatic N) is 1. The standard InChI is InChI=1S/C26H26F2N2O2/c1-2-3-4-7-17-12-13-20-23(15-17)30(22-11-6-10-21(24(20)22)25(29)31)16-18-8-5-9-19(14-18)32-26(27)28/h5-6,8-15,26H,2-4,7,16H2,1H3,(H2,29,31). The first-order valence-electron chi connectivity index (χ1n) is 10.9. The predicted octanol–water partition coefficient (Wildman–Crippen LogP) is 6.28. The summed E-state index contributed by atoms with van der Waals surface area (Å²) in [6.07, 6.45) is 4.42. The van der Waals surface area contributed by atoms with Crippen molar-refractivity contribution in [2.75, 3.05) is 0 Å². The van der Waals surface area contributed by atoms with Gasteiger partial charge in [-0.2, -0.15) is 8.78 Å². The quantitative estimate of drug-likeness (QED) is 0.314. The molecule has 6 heteroatoms. The van der Waals surface area contributed by atoms with Crippen LogP contribution in [0.25, 0.3) is 21.8 Å². The number of amides is 1. The molecule has 1 heterocycles. The number of nitrogens with two attached hydrogens (primary N) is 1. The number of hydrogen-bond acceptors (Lipinski definition) is 2. The normalized spacial score (nSPS) is 11.5. The molecular formula is C26H26F2N2O2. The second-order valence-corrected chi connectivity index (χ2v) is 7.98. The Bertz CT molecular complexity index is 1260. The summed E-state index contributed by atoms with van der Waals surface area (Å²) in [7, 11) is 0. The number of carbonyl (C=O) groups is 1. The fourth-order valence-corrected chi connectivity index (χ4v) is 4.30. The van der Waals surface area contributed by atoms with E-state index in [0.29, 0.717) is 12.1 Å². The van der Waals surface area contributed by atoms with Crippen molar-refractivity contribution in [3.05, 3.63) is 77.4 Å². The van der Waals surface area contributed by atoms with Gasteiger partial charge in [0.1, 0.15) is 5.75 Å². The lowest BCUT2D eigenvalue weighted by atomic mass is 10.0. The highest BCUT2D eigenvalue weighted by atomic mass is 19.3. The molecule has 0 radical (unpaired) electrons. The number of carbonyl (C=O) groups excluding carboxylic acids is 1. The smallest absolute Gasteiger partial charge is 0.387 e. The molecule has 0 spiro atoms. The van der Waals surface area contributed by atoms with E-state index >= 15 is 0 Å². The molecule has 0 saturated carbocycles. The molecule has 0 aliphatic carbocycles. The van der Waals surface area contributed by atoms with Crippen LogP contribution in [-0.4, -0.2) is 17.1 Å². The van der Waals surface area contributed by atoms with E-state index in [1.165, 1.54) is 18.1 Å². The third kappa shape index (κ3) is 4.44. The Morgan fingerprint density at radius 1 is 1.00 bits per heavy atom. The number of fused-ring (bicyclic) bond motifs is 3. The molecule has 1 amide bonds. The molecule has 4 nitrogen and oxygen atoms in total. The minimum atomic E-state index is -2.87. The maximum atomic E-state index is 12.7. The Labute approximate surface area is 185 Å². The number of aromatic nitrogens is 1. The van der Waals surface area contributed by atoms with Gasteiger partial charge in [0, 0.05) is 28.4 Å². The number of unbranched alkanes of at least 4 members (excludes halogenated alkanes) is 2. The first-order valence-corrected chi connectivity index (χ1v) is 10.9. The van der Waals surface area contributed by atoms with Gasteiger partial charge in [-0.3, -0.25) is 4.79 Å². The molecule has 0 fully saturated rings. The van der Waals surface area contributed by atoms with Crippen LogP contribution >= 0.6 is 0 Å². The predicted molar refractivity (Wildman–Crippen MR) is 123 cm³/mol. The summed E-state index contributed by atoms with van der Waals surface area (Å²) in [6, 6.07) is 18.5. The number of alkyl halides is 2. The topological polar surface area (TPSA) is 57.2 Å². The molecule has 0 saturated heterocycles. The van der Waals surface area contributed by atoms with Crippen LogP contribution in [0, 0.1) is 0 Å². The van der Waals surface area contributed by atoms with Crippen molar-refractivity contribution >= 4 is 27.7 Å². The average molecular weight is 437 g/mol. The van der Waals surface area contributed by atoms with E-state index < -0.39 is 12.5 Å². The minimum absolute atomic E-state index is 0.122. The van der Waals surface area contributed by atoms with Crippen LogP contribution in [0.15, 0.2) is 60.7 Å². The van der Waals surface area contributed by atoms with Crippen LogP contribution in [0.4, 0.5) is 8.78 Å². The van der Waals surface area contributed by atoms with Gasteiger partial charge in [-0.25, -0.2) is 0 Å². The third-order valence-electron chi connectivity index (χ3n) is 5.75. The second-order valence-electron chi connectivity index (χ2n) is 7.98. The van der Waals surface area contributed by atoms with Crippen LogP contribution in [-0.2, 0) is 13.0 Å². The van der Waals surface area contributed by atoms with Crippen molar-refractivity contribution in [1.29, 1.82) is 0 Å². The number of benzene rings is 3. The molecule has 4 rings (SSSR count). The second kappa shape index (κ2) is 9.39. The Balaban J connectivity index is 1.85. The highest BCUT2D eigenvalue weighted by Crippen LogP contribution is 2.33. The molecule has 2 N–H and O–H groups in total. The molecule has 0 unspecified atom stereocenters. The molecular weight excluding hydrogens is 410 g/mol. The van der Waals surface area contributed by atoms with Gasteiger partial charge in [0.25, 0.3) is 0 Å². The fourth-order valence-electron chi connectivity index (χ4n) is 4.30. The highest BCUT2D eigenvalue weighted by molar-refractivity contribution is 6.18. The summed E-state index contributed by atoms with van der Waals surface area (Å²) >= 11 is 0. The average Bonchev–Trinajstić information content (AvgIpc) is 3.07. The lowest BCUT2D eigenvalue weighted by Gasteiger charge is -2.11. The van der Waals surface area contributed by atoms with Gasteiger partial charge in [0.05, 0.1) is 5.52 Å². The van der Waals surface area contributed by atoms with E-state index in [0.717, 1.165) is 46.6 Å². The monoisotopic (exact) mass is 436 g/mol. The largest absolute Gasteiger partial charge is 0.435 e. The van der Waals surface area contributed by atoms with Gasteiger partial charge in [0.2, 0.25) is 5.91 Å². The van der Waals surface area contributed by atoms with Crippen molar-refractivity contribution in [3.8, 4) is 5.75 Å². The third-order valence-corrected chi connectivity index (χ3v) is 5.75. The van der Waals surface area contributed by atoms with E-state index in [1.807, 2.05) is 18.2 Å². The zero-order valence-corrected chi connectivity index (χ0v) is 18.0. The minimum Gasteiger partial charge on any atom is -0.435 e. The Morgan fingerprint density at radius 3 is 2.56 bits per heavy atom. The molecule has 32 heavy (non-hydrogen) atoms. The number of hydrogen-bond donors (Lipinski definition) is 1. The molecule has 0 atom stereocenters. The zero-order valence-electron chi connectivity index (χ0n) is 18.0. The van der Waals surface area contributed by atoms with Crippen molar-refractivity contribution in [2.24, 2.45) is 5.73 Å². The first-order chi connectivity index (χ1) is 15.5. The molecule has 166 valence electrons. The summed E-state index contributed by atoms with van der Waals surface area (Å²) < 4.78 is 32.0. The SMILES string of the molecule is CCCCCc1ccc2c3c(C(N)=O)cccc3n(Cc3cccc(OC(F)F)c3)c2c1. The summed E-state index contributed by atoms with van der Waals surface area (Å²) in [5.74, 6) is -0.356. The van der Waals surface area contributed by atoms with Gasteiger partial charge in [-0.1, -0.05) is 50.1 Å². The van der Waals surface area contributed by atoms with E-state index in [1.54, 1.807) is 18.2 Å². The van der Waals surface area contributed by atoms with Crippen LogP contribution < -0.4 is 10.5 Å². The Hall–Kier alpha value is -3.41. The zero-order chi connectivity index (χ0) is 22.7. The van der Waals surface area contributed by atoms with Crippen molar-refractivity contribution in [2.45, 2.75) is 45.8 Å².